The maximum atomic E-state index is 12.5. The number of aromatic amines is 1. The second-order valence-electron chi connectivity index (χ2n) is 6.28. The van der Waals surface area contributed by atoms with E-state index in [1.165, 1.54) is 23.1 Å². The first-order valence-electron chi connectivity index (χ1n) is 8.60. The van der Waals surface area contributed by atoms with Gasteiger partial charge in [0.25, 0.3) is 10.8 Å². The largest absolute Gasteiger partial charge is 0.497 e. The number of H-pyrrole nitrogens is 1. The molecular weight excluding hydrogens is 396 g/mol. The van der Waals surface area contributed by atoms with Gasteiger partial charge in [-0.15, -0.1) is 21.5 Å². The van der Waals surface area contributed by atoms with Crippen molar-refractivity contribution in [2.45, 2.75) is 31.2 Å². The van der Waals surface area contributed by atoms with Gasteiger partial charge in [0.2, 0.25) is 5.89 Å². The molecule has 0 aliphatic carbocycles. The molecule has 9 heteroatoms. The Labute approximate surface area is 169 Å². The maximum absolute atomic E-state index is 12.5. The number of aromatic nitrogens is 4. The van der Waals surface area contributed by atoms with Gasteiger partial charge in [-0.3, -0.25) is 4.79 Å². The van der Waals surface area contributed by atoms with E-state index in [4.69, 9.17) is 9.15 Å². The lowest BCUT2D eigenvalue weighted by atomic mass is 10.2. The smallest absolute Gasteiger partial charge is 0.277 e. The van der Waals surface area contributed by atoms with Crippen LogP contribution in [0.25, 0.3) is 21.7 Å². The summed E-state index contributed by atoms with van der Waals surface area (Å²) in [5.41, 5.74) is 1.69. The van der Waals surface area contributed by atoms with E-state index in [1.54, 1.807) is 7.11 Å². The van der Waals surface area contributed by atoms with E-state index in [1.807, 2.05) is 45.0 Å². The highest BCUT2D eigenvalue weighted by Crippen LogP contribution is 2.35. The highest BCUT2D eigenvalue weighted by molar-refractivity contribution is 7.99. The van der Waals surface area contributed by atoms with Crippen LogP contribution in [-0.2, 0) is 0 Å². The molecular formula is C19H18N4O3S2. The first-order chi connectivity index (χ1) is 13.5. The normalized spacial score (nSPS) is 12.4. The lowest BCUT2D eigenvalue weighted by Crippen LogP contribution is -2.12. The van der Waals surface area contributed by atoms with E-state index in [-0.39, 0.29) is 10.8 Å². The minimum Gasteiger partial charge on any atom is -0.497 e. The number of hydrogen-bond donors (Lipinski definition) is 1. The summed E-state index contributed by atoms with van der Waals surface area (Å²) in [4.78, 5) is 21.9. The Balaban J connectivity index is 1.57. The fourth-order valence-electron chi connectivity index (χ4n) is 2.78. The molecule has 144 valence electrons. The summed E-state index contributed by atoms with van der Waals surface area (Å²) in [5.74, 6) is 1.78. The van der Waals surface area contributed by atoms with Crippen LogP contribution in [0.1, 0.15) is 28.4 Å². The Morgan fingerprint density at radius 2 is 1.96 bits per heavy atom. The third kappa shape index (κ3) is 3.43. The van der Waals surface area contributed by atoms with Gasteiger partial charge >= 0.3 is 0 Å². The highest BCUT2D eigenvalue weighted by Gasteiger charge is 2.19. The van der Waals surface area contributed by atoms with Crippen molar-refractivity contribution in [1.82, 2.24) is 20.2 Å². The first-order valence-corrected chi connectivity index (χ1v) is 10.3. The quantitative estimate of drug-likeness (QED) is 0.480. The number of aryl methyl sites for hydroxylation is 2. The number of nitrogens with one attached hydrogen (secondary N) is 1. The molecule has 0 saturated heterocycles. The zero-order valence-corrected chi connectivity index (χ0v) is 17.4. The Kier molecular flexibility index (Phi) is 4.94. The van der Waals surface area contributed by atoms with Crippen LogP contribution in [-0.4, -0.2) is 27.3 Å². The average molecular weight is 415 g/mol. The number of thiophene rings is 1. The summed E-state index contributed by atoms with van der Waals surface area (Å²) >= 11 is 2.89. The Morgan fingerprint density at radius 1 is 1.21 bits per heavy atom. The number of hydrogen-bond acceptors (Lipinski definition) is 8. The molecule has 1 atom stereocenters. The molecule has 0 aliphatic rings. The molecule has 0 spiro atoms. The van der Waals surface area contributed by atoms with Crippen molar-refractivity contribution in [2.24, 2.45) is 0 Å². The van der Waals surface area contributed by atoms with Crippen LogP contribution >= 0.6 is 23.1 Å². The van der Waals surface area contributed by atoms with Crippen molar-refractivity contribution >= 4 is 33.3 Å². The topological polar surface area (TPSA) is 93.9 Å². The number of thioether (sulfide) groups is 1. The monoisotopic (exact) mass is 414 g/mol. The maximum Gasteiger partial charge on any atom is 0.277 e. The van der Waals surface area contributed by atoms with E-state index >= 15 is 0 Å². The molecule has 0 radical (unpaired) electrons. The van der Waals surface area contributed by atoms with Crippen LogP contribution in [0.15, 0.2) is 38.7 Å². The van der Waals surface area contributed by atoms with Gasteiger partial charge in [0, 0.05) is 10.4 Å². The number of benzene rings is 1. The predicted molar refractivity (Wildman–Crippen MR) is 110 cm³/mol. The molecule has 1 N–H and O–H groups in total. The Bertz CT molecular complexity index is 1190. The van der Waals surface area contributed by atoms with E-state index in [2.05, 4.69) is 20.2 Å². The first kappa shape index (κ1) is 18.7. The molecule has 0 bridgehead atoms. The lowest BCUT2D eigenvalue weighted by Gasteiger charge is -2.07. The highest BCUT2D eigenvalue weighted by atomic mass is 32.2. The average Bonchev–Trinajstić information content (AvgIpc) is 3.26. The minimum absolute atomic E-state index is 0.112. The summed E-state index contributed by atoms with van der Waals surface area (Å²) in [6, 6.07) is 7.39. The SMILES string of the molecule is COc1ccc(-c2nnc(S[C@H](C)c3nc4sc(C)c(C)c4c(=O)[nH]3)o2)cc1. The molecule has 3 heterocycles. The zero-order valence-electron chi connectivity index (χ0n) is 15.8. The summed E-state index contributed by atoms with van der Waals surface area (Å²) in [7, 11) is 1.62. The fraction of sp³-hybridized carbons (Fsp3) is 0.263. The molecule has 7 nitrogen and oxygen atoms in total. The zero-order chi connectivity index (χ0) is 19.8. The van der Waals surface area contributed by atoms with Gasteiger partial charge < -0.3 is 14.1 Å². The molecule has 3 aromatic heterocycles. The van der Waals surface area contributed by atoms with Crippen molar-refractivity contribution in [3.63, 3.8) is 0 Å². The second-order valence-corrected chi connectivity index (χ2v) is 8.77. The molecule has 0 amide bonds. The molecule has 28 heavy (non-hydrogen) atoms. The summed E-state index contributed by atoms with van der Waals surface area (Å²) in [6.45, 7) is 5.89. The van der Waals surface area contributed by atoms with Crippen molar-refractivity contribution in [1.29, 1.82) is 0 Å². The van der Waals surface area contributed by atoms with Crippen LogP contribution in [0.4, 0.5) is 0 Å². The molecule has 0 aliphatic heterocycles. The Hall–Kier alpha value is -2.65. The van der Waals surface area contributed by atoms with E-state index in [0.717, 1.165) is 26.6 Å². The van der Waals surface area contributed by atoms with Gasteiger partial charge in [-0.05, 0) is 50.6 Å². The molecule has 4 aromatic rings. The van der Waals surface area contributed by atoms with Crippen LogP contribution < -0.4 is 10.3 Å². The van der Waals surface area contributed by atoms with Crippen molar-refractivity contribution in [2.75, 3.05) is 7.11 Å². The van der Waals surface area contributed by atoms with Gasteiger partial charge in [0.1, 0.15) is 16.4 Å². The van der Waals surface area contributed by atoms with Crippen molar-refractivity contribution < 1.29 is 9.15 Å². The fourth-order valence-corrected chi connectivity index (χ4v) is 4.56. The standard InChI is InChI=1S/C19H18N4O3S2/c1-9-10(2)27-18-14(9)16(24)20-15(21-18)11(3)28-19-23-22-17(26-19)12-5-7-13(25-4)8-6-12/h5-8,11H,1-4H3,(H,20,21,24)/t11-/m1/s1. The van der Waals surface area contributed by atoms with Crippen LogP contribution in [0.3, 0.4) is 0 Å². The lowest BCUT2D eigenvalue weighted by molar-refractivity contribution is 0.414. The van der Waals surface area contributed by atoms with Gasteiger partial charge in [-0.1, -0.05) is 11.8 Å². The van der Waals surface area contributed by atoms with Crippen LogP contribution in [0, 0.1) is 13.8 Å². The van der Waals surface area contributed by atoms with Gasteiger partial charge in [-0.2, -0.15) is 0 Å². The van der Waals surface area contributed by atoms with E-state index in [0.29, 0.717) is 22.3 Å². The van der Waals surface area contributed by atoms with Gasteiger partial charge in [-0.25, -0.2) is 4.98 Å². The van der Waals surface area contributed by atoms with E-state index in [9.17, 15) is 4.79 Å². The molecule has 4 rings (SSSR count). The number of rotatable bonds is 5. The third-order valence-electron chi connectivity index (χ3n) is 4.46. The van der Waals surface area contributed by atoms with Gasteiger partial charge in [0.05, 0.1) is 17.7 Å². The van der Waals surface area contributed by atoms with Crippen LogP contribution in [0.5, 0.6) is 5.75 Å². The predicted octanol–water partition coefficient (Wildman–Crippen LogP) is 4.51. The molecule has 0 fully saturated rings. The Morgan fingerprint density at radius 3 is 2.68 bits per heavy atom. The number of fused-ring (bicyclic) bond motifs is 1. The summed E-state index contributed by atoms with van der Waals surface area (Å²) in [6.07, 6.45) is 0. The minimum atomic E-state index is -0.149. The second kappa shape index (κ2) is 7.40. The summed E-state index contributed by atoms with van der Waals surface area (Å²) < 4.78 is 10.9. The third-order valence-corrected chi connectivity index (χ3v) is 6.51. The van der Waals surface area contributed by atoms with Crippen molar-refractivity contribution in [3.8, 4) is 17.2 Å². The number of ether oxygens (including phenoxy) is 1. The molecule has 0 saturated carbocycles. The number of methoxy groups -OCH3 is 1. The van der Waals surface area contributed by atoms with Crippen LogP contribution in [0.2, 0.25) is 0 Å². The van der Waals surface area contributed by atoms with Crippen molar-refractivity contribution in [3.05, 3.63) is 50.9 Å². The van der Waals surface area contributed by atoms with Gasteiger partial charge in [0.15, 0.2) is 0 Å². The summed E-state index contributed by atoms with van der Waals surface area (Å²) in [5, 5.41) is 9.14. The molecule has 1 aromatic carbocycles. The molecule has 0 unspecified atom stereocenters. The number of nitrogens with zero attached hydrogens (tertiary/aromatic N) is 3. The van der Waals surface area contributed by atoms with E-state index < -0.39 is 0 Å².